The zero-order valence-corrected chi connectivity index (χ0v) is 49.9. The summed E-state index contributed by atoms with van der Waals surface area (Å²) in [7, 11) is 1.25. The average Bonchev–Trinajstić information content (AvgIpc) is 1.62. The second kappa shape index (κ2) is 27.8. The maximum atomic E-state index is 15.2. The van der Waals surface area contributed by atoms with E-state index in [-0.39, 0.29) is 65.1 Å². The third-order valence-electron chi connectivity index (χ3n) is 12.5. The van der Waals surface area contributed by atoms with E-state index in [0.717, 1.165) is 23.0 Å². The molecule has 5 rings (SSSR count). The van der Waals surface area contributed by atoms with Crippen LogP contribution in [0.4, 0.5) is 23.2 Å². The summed E-state index contributed by atoms with van der Waals surface area (Å²) in [6, 6.07) is 12.8. The summed E-state index contributed by atoms with van der Waals surface area (Å²) >= 11 is 6.10. The smallest absolute Gasteiger partial charge is 0.476 e. The molecule has 4 aromatic carbocycles. The van der Waals surface area contributed by atoms with Crippen molar-refractivity contribution in [2.75, 3.05) is 13.6 Å². The maximum Gasteiger partial charge on any atom is 0.514 e. The molecule has 0 aromatic heterocycles. The van der Waals surface area contributed by atoms with Crippen molar-refractivity contribution in [1.82, 2.24) is 31.5 Å². The molecule has 6 N–H and O–H groups in total. The first kappa shape index (κ1) is 67.1. The number of alkyl halides is 2. The summed E-state index contributed by atoms with van der Waals surface area (Å²) in [5.41, 5.74) is -1.35. The molecular weight excluding hydrogens is 1130 g/mol. The summed E-state index contributed by atoms with van der Waals surface area (Å²) in [6.45, 7) is 16.7. The number of rotatable bonds is 17. The number of carboxylic acids is 1. The number of carbonyl (C=O) groups excluding carboxylic acids is 9. The number of halogens is 3. The Labute approximate surface area is 495 Å². The monoisotopic (exact) mass is 1200 g/mol. The van der Waals surface area contributed by atoms with Crippen molar-refractivity contribution >= 4 is 71.3 Å². The van der Waals surface area contributed by atoms with Crippen LogP contribution in [0.1, 0.15) is 123 Å². The van der Waals surface area contributed by atoms with E-state index in [1.165, 1.54) is 50.4 Å². The SMILES string of the molecule is C[C@@H]1NC(=O)[C@@H](N(C)C(=O)[C@H](CCCCNC(=O)OC(C)(C)C)NC(=O)c2ccc(-c3ccc(Cl)cc3)cc2)c2ccc(OC(=O)OC(C)(C)C)c(c2)-c2cc(ccc2OC(=O)OC(C)(C)C)C[C@@H](C(=O)N[C@@H](C)C(=O)C(F)(F)C(=O)O)NC1=O. The molecule has 85 heavy (non-hydrogen) atoms. The van der Waals surface area contributed by atoms with Gasteiger partial charge in [-0.2, -0.15) is 8.78 Å². The second-order valence-corrected chi connectivity index (χ2v) is 23.5. The van der Waals surface area contributed by atoms with Gasteiger partial charge in [0.15, 0.2) is 0 Å². The van der Waals surface area contributed by atoms with E-state index < -0.39 is 119 Å². The van der Waals surface area contributed by atoms with Crippen molar-refractivity contribution in [2.45, 2.75) is 155 Å². The molecule has 4 bridgehead atoms. The number of amides is 6. The molecular formula is C60H71ClF2N6O16. The Morgan fingerprint density at radius 3 is 1.78 bits per heavy atom. The minimum absolute atomic E-state index is 0.0170. The molecule has 25 heteroatoms. The fraction of sp³-hybridized carbons (Fsp3) is 0.433. The third-order valence-corrected chi connectivity index (χ3v) is 12.7. The topological polar surface area (TPSA) is 300 Å². The fourth-order valence-corrected chi connectivity index (χ4v) is 8.58. The standard InChI is InChI=1S/C60H71ClF2N6O16/c1-32(47(70)60(62,63)53(76)77)65-50(73)43-30-34-16-26-44(81-55(79)84-58(6,7)8)40(29-34)41-31-38(23-27-45(41)82-56(80)85-59(9,10)11)46(51(74)66-33(2)48(71)68-43)69(12)52(75)42(15-13-14-28-64-54(78)83-57(3,4)5)67-49(72)37-19-17-35(18-20-37)36-21-24-39(61)25-22-36/h16-27,29,31-33,42-43,46H,13-15,28,30H2,1-12H3,(H,64,78)(H,65,73)(H,66,74)(H,67,72)(H,68,71)(H,76,77)/t32-,33-,42-,43-,46-/m0/s1. The van der Waals surface area contributed by atoms with Crippen LogP contribution in [0.3, 0.4) is 0 Å². The van der Waals surface area contributed by atoms with Gasteiger partial charge in [-0.3, -0.25) is 28.8 Å². The van der Waals surface area contributed by atoms with Gasteiger partial charge in [-0.25, -0.2) is 19.2 Å². The molecule has 458 valence electrons. The summed E-state index contributed by atoms with van der Waals surface area (Å²) in [6.07, 6.45) is -3.20. The number of hydrogen-bond acceptors (Lipinski definition) is 15. The molecule has 5 atom stereocenters. The number of aliphatic carboxylic acids is 1. The number of ketones is 1. The number of unbranched alkanes of at least 4 members (excludes halogenated alkanes) is 1. The van der Waals surface area contributed by atoms with Crippen LogP contribution < -0.4 is 36.1 Å². The van der Waals surface area contributed by atoms with Crippen LogP contribution in [0.25, 0.3) is 22.3 Å². The normalized spacial score (nSPS) is 16.3. The lowest BCUT2D eigenvalue weighted by molar-refractivity contribution is -0.172. The van der Waals surface area contributed by atoms with E-state index >= 15 is 9.59 Å². The average molecular weight is 1210 g/mol. The van der Waals surface area contributed by atoms with Gasteiger partial charge in [-0.05, 0) is 166 Å². The van der Waals surface area contributed by atoms with Gasteiger partial charge in [0.05, 0.1) is 6.04 Å². The molecule has 0 spiro atoms. The van der Waals surface area contributed by atoms with Crippen LogP contribution in [0.2, 0.25) is 5.02 Å². The van der Waals surface area contributed by atoms with Crippen LogP contribution in [0, 0.1) is 0 Å². The van der Waals surface area contributed by atoms with Crippen LogP contribution in [0.5, 0.6) is 11.5 Å². The number of alkyl carbamates (subject to hydrolysis) is 1. The van der Waals surface area contributed by atoms with Crippen LogP contribution >= 0.6 is 11.6 Å². The summed E-state index contributed by atoms with van der Waals surface area (Å²) in [5.74, 6) is -15.3. The van der Waals surface area contributed by atoms with Crippen LogP contribution in [-0.2, 0) is 49.4 Å². The Morgan fingerprint density at radius 1 is 0.706 bits per heavy atom. The Kier molecular flexibility index (Phi) is 22.0. The Balaban J connectivity index is 1.67. The lowest BCUT2D eigenvalue weighted by Crippen LogP contribution is -2.58. The third kappa shape index (κ3) is 19.4. The predicted molar refractivity (Wildman–Crippen MR) is 306 cm³/mol. The van der Waals surface area contributed by atoms with E-state index in [1.807, 2.05) is 5.32 Å². The number of likely N-dealkylation sites (N-methyl/N-ethyl adjacent to an activating group) is 1. The molecule has 0 unspecified atom stereocenters. The first-order valence-corrected chi connectivity index (χ1v) is 27.4. The maximum absolute atomic E-state index is 15.2. The van der Waals surface area contributed by atoms with Crippen molar-refractivity contribution in [3.8, 4) is 33.8 Å². The molecule has 4 aromatic rings. The molecule has 0 radical (unpaired) electrons. The zero-order chi connectivity index (χ0) is 63.5. The van der Waals surface area contributed by atoms with Crippen molar-refractivity contribution in [3.63, 3.8) is 0 Å². The molecule has 1 heterocycles. The van der Waals surface area contributed by atoms with Crippen molar-refractivity contribution in [2.24, 2.45) is 0 Å². The highest BCUT2D eigenvalue weighted by Crippen LogP contribution is 2.41. The van der Waals surface area contributed by atoms with Gasteiger partial charge >= 0.3 is 30.3 Å². The van der Waals surface area contributed by atoms with E-state index in [0.29, 0.717) is 5.02 Å². The molecule has 1 aliphatic rings. The first-order valence-electron chi connectivity index (χ1n) is 27.0. The number of carboxylic acid groups (broad SMARTS) is 1. The number of carbonyl (C=O) groups is 10. The number of benzene rings is 4. The van der Waals surface area contributed by atoms with E-state index in [2.05, 4.69) is 21.3 Å². The number of ether oxygens (including phenoxy) is 5. The molecule has 0 fully saturated rings. The lowest BCUT2D eigenvalue weighted by atomic mass is 9.93. The van der Waals surface area contributed by atoms with Gasteiger partial charge in [0, 0.05) is 41.7 Å². The molecule has 1 aliphatic heterocycles. The van der Waals surface area contributed by atoms with Gasteiger partial charge in [-0.1, -0.05) is 48.0 Å². The largest absolute Gasteiger partial charge is 0.514 e. The second-order valence-electron chi connectivity index (χ2n) is 23.1. The number of hydrogen-bond donors (Lipinski definition) is 6. The van der Waals surface area contributed by atoms with Gasteiger partial charge in [0.2, 0.25) is 29.4 Å². The van der Waals surface area contributed by atoms with Crippen LogP contribution in [-0.4, -0.2) is 130 Å². The highest BCUT2D eigenvalue weighted by Gasteiger charge is 2.50. The predicted octanol–water partition coefficient (Wildman–Crippen LogP) is 8.63. The highest BCUT2D eigenvalue weighted by atomic mass is 35.5. The van der Waals surface area contributed by atoms with Crippen molar-refractivity contribution in [3.05, 3.63) is 107 Å². The summed E-state index contributed by atoms with van der Waals surface area (Å²) < 4.78 is 56.6. The molecule has 0 aliphatic carbocycles. The number of nitrogens with zero attached hydrogens (tertiary/aromatic N) is 1. The molecule has 22 nitrogen and oxygen atoms in total. The van der Waals surface area contributed by atoms with Gasteiger partial charge in [0.1, 0.15) is 52.5 Å². The Hall–Kier alpha value is -8.67. The number of Topliss-reactive ketones (excluding diaryl/α,β-unsaturated/α-hetero) is 1. The Morgan fingerprint density at radius 2 is 1.24 bits per heavy atom. The van der Waals surface area contributed by atoms with Crippen LogP contribution in [0.15, 0.2) is 84.9 Å². The van der Waals surface area contributed by atoms with Crippen molar-refractivity contribution in [1.29, 1.82) is 0 Å². The fourth-order valence-electron chi connectivity index (χ4n) is 8.46. The van der Waals surface area contributed by atoms with Crippen molar-refractivity contribution < 1.29 is 85.5 Å². The molecule has 6 amide bonds. The van der Waals surface area contributed by atoms with E-state index in [1.54, 1.807) is 111 Å². The highest BCUT2D eigenvalue weighted by molar-refractivity contribution is 6.30. The minimum atomic E-state index is -4.92. The quantitative estimate of drug-likeness (QED) is 0.0189. The number of nitrogens with one attached hydrogen (secondary N) is 5. The van der Waals surface area contributed by atoms with Gasteiger partial charge in [-0.15, -0.1) is 0 Å². The van der Waals surface area contributed by atoms with E-state index in [9.17, 15) is 47.1 Å². The van der Waals surface area contributed by atoms with Gasteiger partial charge in [0.25, 0.3) is 5.91 Å². The Bertz CT molecular complexity index is 3170. The zero-order valence-electron chi connectivity index (χ0n) is 49.2. The summed E-state index contributed by atoms with van der Waals surface area (Å²) in [4.78, 5) is 137. The van der Waals surface area contributed by atoms with E-state index in [4.69, 9.17) is 40.4 Å². The van der Waals surface area contributed by atoms with Gasteiger partial charge < -0.3 is 60.3 Å². The lowest BCUT2D eigenvalue weighted by Gasteiger charge is -2.33. The molecule has 0 saturated carbocycles. The molecule has 0 saturated heterocycles. The number of fused-ring (bicyclic) bond motifs is 5. The first-order chi connectivity index (χ1) is 39.4. The minimum Gasteiger partial charge on any atom is -0.476 e. The summed E-state index contributed by atoms with van der Waals surface area (Å²) in [5, 5.41) is 22.0.